The first-order valence-corrected chi connectivity index (χ1v) is 5.63. The first kappa shape index (κ1) is 13.4. The molecule has 92 valence electrons. The van der Waals surface area contributed by atoms with E-state index in [4.69, 9.17) is 23.7 Å². The van der Waals surface area contributed by atoms with Crippen LogP contribution in [0.3, 0.4) is 0 Å². The van der Waals surface area contributed by atoms with Crippen molar-refractivity contribution in [3.8, 4) is 0 Å². The molecule has 5 heteroatoms. The van der Waals surface area contributed by atoms with E-state index in [1.54, 1.807) is 13.8 Å². The van der Waals surface area contributed by atoms with Crippen molar-refractivity contribution in [1.29, 1.82) is 0 Å². The van der Waals surface area contributed by atoms with Gasteiger partial charge < -0.3 is 16.8 Å². The van der Waals surface area contributed by atoms with Crippen LogP contribution in [0.1, 0.15) is 25.0 Å². The second kappa shape index (κ2) is 4.71. The number of amides is 1. The Bertz CT molecular complexity index is 469. The summed E-state index contributed by atoms with van der Waals surface area (Å²) in [5, 5.41) is 3.05. The van der Waals surface area contributed by atoms with Gasteiger partial charge in [-0.3, -0.25) is 4.79 Å². The average Bonchev–Trinajstić information content (AvgIpc) is 2.19. The smallest absolute Gasteiger partial charge is 0.242 e. The van der Waals surface area contributed by atoms with E-state index in [9.17, 15) is 4.79 Å². The van der Waals surface area contributed by atoms with E-state index in [0.29, 0.717) is 11.3 Å². The average molecular weight is 251 g/mol. The summed E-state index contributed by atoms with van der Waals surface area (Å²) in [6.07, 6.45) is 0. The lowest BCUT2D eigenvalue weighted by atomic mass is 10.0. The van der Waals surface area contributed by atoms with Crippen molar-refractivity contribution in [2.24, 2.45) is 11.5 Å². The predicted octanol–water partition coefficient (Wildman–Crippen LogP) is 1.31. The molecule has 1 rings (SSSR count). The number of thiocarbonyl (C=S) groups is 1. The highest BCUT2D eigenvalue weighted by Crippen LogP contribution is 2.21. The summed E-state index contributed by atoms with van der Waals surface area (Å²) in [7, 11) is 0. The van der Waals surface area contributed by atoms with Gasteiger partial charge in [-0.15, -0.1) is 0 Å². The SMILES string of the molecule is Cc1ccc(NC(C)(C)C(N)=O)c(C(N)=S)c1. The fraction of sp³-hybridized carbons (Fsp3) is 0.333. The third-order valence-corrected chi connectivity index (χ3v) is 2.72. The summed E-state index contributed by atoms with van der Waals surface area (Å²) in [6.45, 7) is 5.36. The molecule has 4 nitrogen and oxygen atoms in total. The maximum atomic E-state index is 11.3. The van der Waals surface area contributed by atoms with E-state index < -0.39 is 11.4 Å². The van der Waals surface area contributed by atoms with Crippen molar-refractivity contribution in [3.05, 3.63) is 29.3 Å². The molecule has 1 aromatic rings. The molecule has 0 fully saturated rings. The number of carbonyl (C=O) groups is 1. The van der Waals surface area contributed by atoms with Crippen molar-refractivity contribution in [2.75, 3.05) is 5.32 Å². The lowest BCUT2D eigenvalue weighted by Crippen LogP contribution is -2.45. The van der Waals surface area contributed by atoms with Crippen LogP contribution in [0.4, 0.5) is 5.69 Å². The largest absolute Gasteiger partial charge is 0.389 e. The Morgan fingerprint density at radius 1 is 1.35 bits per heavy atom. The Morgan fingerprint density at radius 3 is 2.41 bits per heavy atom. The predicted molar refractivity (Wildman–Crippen MR) is 74.0 cm³/mol. The maximum Gasteiger partial charge on any atom is 0.242 e. The van der Waals surface area contributed by atoms with Crippen LogP contribution in [0.25, 0.3) is 0 Å². The van der Waals surface area contributed by atoms with E-state index in [2.05, 4.69) is 5.32 Å². The molecule has 0 unspecified atom stereocenters. The second-order valence-corrected chi connectivity index (χ2v) is 4.97. The van der Waals surface area contributed by atoms with Crippen LogP contribution >= 0.6 is 12.2 Å². The van der Waals surface area contributed by atoms with Gasteiger partial charge in [0.15, 0.2) is 0 Å². The normalized spacial score (nSPS) is 11.0. The lowest BCUT2D eigenvalue weighted by molar-refractivity contribution is -0.121. The Labute approximate surface area is 106 Å². The number of nitrogens with two attached hydrogens (primary N) is 2. The number of hydrogen-bond donors (Lipinski definition) is 3. The van der Waals surface area contributed by atoms with Gasteiger partial charge >= 0.3 is 0 Å². The Kier molecular flexibility index (Phi) is 3.72. The monoisotopic (exact) mass is 251 g/mol. The molecule has 0 spiro atoms. The van der Waals surface area contributed by atoms with Gasteiger partial charge in [0.2, 0.25) is 5.91 Å². The fourth-order valence-corrected chi connectivity index (χ4v) is 1.54. The molecular formula is C12H17N3OS. The minimum atomic E-state index is -0.852. The molecule has 0 aromatic heterocycles. The standard InChI is InChI=1S/C12H17N3OS/c1-7-4-5-9(8(6-7)10(13)17)15-12(2,3)11(14)16/h4-6,15H,1-3H3,(H2,13,17)(H2,14,16). The minimum absolute atomic E-state index is 0.288. The third-order valence-electron chi connectivity index (χ3n) is 2.50. The van der Waals surface area contributed by atoms with Crippen LogP contribution in [0.2, 0.25) is 0 Å². The van der Waals surface area contributed by atoms with Gasteiger partial charge in [-0.1, -0.05) is 23.8 Å². The van der Waals surface area contributed by atoms with Crippen LogP contribution in [-0.4, -0.2) is 16.4 Å². The Balaban J connectivity index is 3.15. The molecule has 0 saturated carbocycles. The third kappa shape index (κ3) is 3.17. The van der Waals surface area contributed by atoms with Gasteiger partial charge in [-0.05, 0) is 32.9 Å². The zero-order valence-electron chi connectivity index (χ0n) is 10.2. The molecular weight excluding hydrogens is 234 g/mol. The summed E-state index contributed by atoms with van der Waals surface area (Å²) in [6, 6.07) is 5.64. The molecule has 5 N–H and O–H groups in total. The number of hydrogen-bond acceptors (Lipinski definition) is 3. The van der Waals surface area contributed by atoms with E-state index >= 15 is 0 Å². The molecule has 0 aliphatic rings. The van der Waals surface area contributed by atoms with Gasteiger partial charge in [-0.2, -0.15) is 0 Å². The molecule has 0 radical (unpaired) electrons. The van der Waals surface area contributed by atoms with Crippen LogP contribution in [0.5, 0.6) is 0 Å². The highest BCUT2D eigenvalue weighted by atomic mass is 32.1. The number of carbonyl (C=O) groups excluding carboxylic acids is 1. The van der Waals surface area contributed by atoms with Crippen molar-refractivity contribution < 1.29 is 4.79 Å². The summed E-state index contributed by atoms with van der Waals surface area (Å²) in [5.41, 5.74) is 12.6. The molecule has 17 heavy (non-hydrogen) atoms. The second-order valence-electron chi connectivity index (χ2n) is 4.53. The number of rotatable bonds is 4. The number of benzene rings is 1. The molecule has 0 aliphatic carbocycles. The molecule has 0 bridgehead atoms. The van der Waals surface area contributed by atoms with Crippen molar-refractivity contribution in [3.63, 3.8) is 0 Å². The molecule has 0 heterocycles. The van der Waals surface area contributed by atoms with Crippen molar-refractivity contribution >= 4 is 28.8 Å². The van der Waals surface area contributed by atoms with Crippen LogP contribution < -0.4 is 16.8 Å². The van der Waals surface area contributed by atoms with Gasteiger partial charge in [-0.25, -0.2) is 0 Å². The van der Waals surface area contributed by atoms with E-state index in [0.717, 1.165) is 5.56 Å². The highest BCUT2D eigenvalue weighted by Gasteiger charge is 2.25. The van der Waals surface area contributed by atoms with Crippen LogP contribution in [-0.2, 0) is 4.79 Å². The van der Waals surface area contributed by atoms with Crippen molar-refractivity contribution in [2.45, 2.75) is 26.3 Å². The highest BCUT2D eigenvalue weighted by molar-refractivity contribution is 7.80. The molecule has 1 amide bonds. The Hall–Kier alpha value is -1.62. The summed E-state index contributed by atoms with van der Waals surface area (Å²) >= 11 is 4.99. The van der Waals surface area contributed by atoms with Gasteiger partial charge in [0.05, 0.1) is 0 Å². The van der Waals surface area contributed by atoms with Crippen LogP contribution in [0, 0.1) is 6.92 Å². The zero-order chi connectivity index (χ0) is 13.2. The molecule has 0 saturated heterocycles. The minimum Gasteiger partial charge on any atom is -0.389 e. The van der Waals surface area contributed by atoms with E-state index in [-0.39, 0.29) is 4.99 Å². The molecule has 0 atom stereocenters. The van der Waals surface area contributed by atoms with Gasteiger partial charge in [0.25, 0.3) is 0 Å². The number of nitrogens with one attached hydrogen (secondary N) is 1. The number of anilines is 1. The number of aryl methyl sites for hydroxylation is 1. The van der Waals surface area contributed by atoms with Gasteiger partial charge in [0, 0.05) is 11.3 Å². The molecule has 0 aliphatic heterocycles. The fourth-order valence-electron chi connectivity index (χ4n) is 1.37. The number of primary amides is 1. The first-order chi connectivity index (χ1) is 7.74. The van der Waals surface area contributed by atoms with Crippen molar-refractivity contribution in [1.82, 2.24) is 0 Å². The topological polar surface area (TPSA) is 81.1 Å². The van der Waals surface area contributed by atoms with Gasteiger partial charge in [0.1, 0.15) is 10.5 Å². The Morgan fingerprint density at radius 2 is 1.94 bits per heavy atom. The summed E-state index contributed by atoms with van der Waals surface area (Å²) < 4.78 is 0. The molecule has 1 aromatic carbocycles. The summed E-state index contributed by atoms with van der Waals surface area (Å²) in [4.78, 5) is 11.6. The van der Waals surface area contributed by atoms with Crippen LogP contribution in [0.15, 0.2) is 18.2 Å². The maximum absolute atomic E-state index is 11.3. The lowest BCUT2D eigenvalue weighted by Gasteiger charge is -2.25. The van der Waals surface area contributed by atoms with E-state index in [1.165, 1.54) is 0 Å². The van der Waals surface area contributed by atoms with E-state index in [1.807, 2.05) is 25.1 Å². The zero-order valence-corrected chi connectivity index (χ0v) is 11.0. The quantitative estimate of drug-likeness (QED) is 0.705. The summed E-state index contributed by atoms with van der Waals surface area (Å²) in [5.74, 6) is -0.438. The first-order valence-electron chi connectivity index (χ1n) is 5.22.